The van der Waals surface area contributed by atoms with Crippen LogP contribution >= 0.6 is 0 Å². The summed E-state index contributed by atoms with van der Waals surface area (Å²) in [6.45, 7) is 0. The Labute approximate surface area is 80.5 Å². The highest BCUT2D eigenvalue weighted by Crippen LogP contribution is 2.30. The van der Waals surface area contributed by atoms with E-state index in [1.54, 1.807) is 0 Å². The van der Waals surface area contributed by atoms with Gasteiger partial charge in [0, 0.05) is 0 Å². The number of para-hydroxylation sites is 1. The number of hydrogen-bond donors (Lipinski definition) is 1. The molecule has 2 N–H and O–H groups in total. The standard InChI is InChI=1S/C7H8FNO4S/c1-12-6-4-2-3-5(8)7(6)13-14(9,10)11/h2-4H,1H3,(H2,9,10,11). The first kappa shape index (κ1) is 10.7. The topological polar surface area (TPSA) is 78.6 Å². The Bertz CT molecular complexity index is 431. The number of hydrogen-bond acceptors (Lipinski definition) is 4. The molecule has 0 spiro atoms. The van der Waals surface area contributed by atoms with Crippen LogP contribution in [0.4, 0.5) is 4.39 Å². The van der Waals surface area contributed by atoms with Gasteiger partial charge in [-0.1, -0.05) is 6.07 Å². The third-order valence-corrected chi connectivity index (χ3v) is 1.75. The van der Waals surface area contributed by atoms with E-state index in [0.717, 1.165) is 6.07 Å². The normalized spacial score (nSPS) is 11.1. The van der Waals surface area contributed by atoms with Gasteiger partial charge >= 0.3 is 10.3 Å². The molecule has 0 saturated carbocycles. The minimum atomic E-state index is -4.25. The maximum absolute atomic E-state index is 13.0. The van der Waals surface area contributed by atoms with E-state index < -0.39 is 21.9 Å². The summed E-state index contributed by atoms with van der Waals surface area (Å²) in [5.41, 5.74) is 0. The Morgan fingerprint density at radius 1 is 1.43 bits per heavy atom. The lowest BCUT2D eigenvalue weighted by atomic mass is 10.3. The van der Waals surface area contributed by atoms with Gasteiger partial charge in [0.1, 0.15) is 0 Å². The van der Waals surface area contributed by atoms with E-state index in [9.17, 15) is 12.8 Å². The fourth-order valence-corrected chi connectivity index (χ4v) is 1.24. The van der Waals surface area contributed by atoms with Gasteiger partial charge in [-0.05, 0) is 12.1 Å². The van der Waals surface area contributed by atoms with Crippen molar-refractivity contribution in [1.82, 2.24) is 0 Å². The zero-order valence-electron chi connectivity index (χ0n) is 7.23. The molecule has 0 aliphatic rings. The lowest BCUT2D eigenvalue weighted by Crippen LogP contribution is -2.19. The second-order valence-corrected chi connectivity index (χ2v) is 3.50. The van der Waals surface area contributed by atoms with Gasteiger partial charge in [0.2, 0.25) is 5.75 Å². The molecular weight excluding hydrogens is 213 g/mol. The fraction of sp³-hybridized carbons (Fsp3) is 0.143. The van der Waals surface area contributed by atoms with Crippen LogP contribution in [0, 0.1) is 5.82 Å². The first-order chi connectivity index (χ1) is 6.44. The van der Waals surface area contributed by atoms with Crippen molar-refractivity contribution in [2.75, 3.05) is 7.11 Å². The molecule has 1 rings (SSSR count). The maximum Gasteiger partial charge on any atom is 0.380 e. The van der Waals surface area contributed by atoms with E-state index in [0.29, 0.717) is 0 Å². The third-order valence-electron chi connectivity index (χ3n) is 1.35. The van der Waals surface area contributed by atoms with Crippen LogP contribution in [-0.2, 0) is 10.3 Å². The van der Waals surface area contributed by atoms with Gasteiger partial charge in [0.15, 0.2) is 11.6 Å². The number of nitrogens with two attached hydrogens (primary N) is 1. The average molecular weight is 221 g/mol. The molecule has 0 fully saturated rings. The lowest BCUT2D eigenvalue weighted by molar-refractivity contribution is 0.379. The van der Waals surface area contributed by atoms with Crippen molar-refractivity contribution in [1.29, 1.82) is 0 Å². The molecule has 0 aliphatic heterocycles. The lowest BCUT2D eigenvalue weighted by Gasteiger charge is -2.08. The van der Waals surface area contributed by atoms with Crippen molar-refractivity contribution in [2.45, 2.75) is 0 Å². The first-order valence-corrected chi connectivity index (χ1v) is 4.96. The van der Waals surface area contributed by atoms with Gasteiger partial charge in [-0.2, -0.15) is 13.6 Å². The maximum atomic E-state index is 13.0. The van der Waals surface area contributed by atoms with Crippen LogP contribution < -0.4 is 14.1 Å². The van der Waals surface area contributed by atoms with Crippen LogP contribution in [0.15, 0.2) is 18.2 Å². The minimum Gasteiger partial charge on any atom is -0.493 e. The number of methoxy groups -OCH3 is 1. The summed E-state index contributed by atoms with van der Waals surface area (Å²) in [6.07, 6.45) is 0. The predicted octanol–water partition coefficient (Wildman–Crippen LogP) is 0.417. The van der Waals surface area contributed by atoms with Crippen LogP contribution in [0.3, 0.4) is 0 Å². The van der Waals surface area contributed by atoms with E-state index in [1.807, 2.05) is 0 Å². The summed E-state index contributed by atoms with van der Waals surface area (Å²) in [5.74, 6) is -1.45. The Balaban J connectivity index is 3.18. The number of ether oxygens (including phenoxy) is 1. The highest BCUT2D eigenvalue weighted by molar-refractivity contribution is 7.84. The second kappa shape index (κ2) is 3.81. The molecule has 7 heteroatoms. The molecule has 1 aromatic rings. The smallest absolute Gasteiger partial charge is 0.380 e. The quantitative estimate of drug-likeness (QED) is 0.802. The summed E-state index contributed by atoms with van der Waals surface area (Å²) < 4.78 is 43.0. The molecule has 0 radical (unpaired) electrons. The van der Waals surface area contributed by atoms with Gasteiger partial charge in [0.05, 0.1) is 7.11 Å². The molecule has 0 heterocycles. The number of halogens is 1. The van der Waals surface area contributed by atoms with Crippen LogP contribution in [0.1, 0.15) is 0 Å². The molecule has 0 unspecified atom stereocenters. The van der Waals surface area contributed by atoms with Crippen molar-refractivity contribution in [3.63, 3.8) is 0 Å². The van der Waals surface area contributed by atoms with Gasteiger partial charge in [-0.25, -0.2) is 4.39 Å². The monoisotopic (exact) mass is 221 g/mol. The molecular formula is C7H8FNO4S. The van der Waals surface area contributed by atoms with Gasteiger partial charge in [-0.15, -0.1) is 0 Å². The highest BCUT2D eigenvalue weighted by atomic mass is 32.2. The summed E-state index contributed by atoms with van der Waals surface area (Å²) in [6, 6.07) is 3.73. The SMILES string of the molecule is COc1cccc(F)c1OS(N)(=O)=O. The Morgan fingerprint density at radius 3 is 2.57 bits per heavy atom. The van der Waals surface area contributed by atoms with Crippen molar-refractivity contribution < 1.29 is 21.7 Å². The molecule has 0 aliphatic carbocycles. The van der Waals surface area contributed by atoms with Crippen molar-refractivity contribution in [2.24, 2.45) is 5.14 Å². The minimum absolute atomic E-state index is 0.0426. The summed E-state index contributed by atoms with van der Waals surface area (Å²) in [5, 5.41) is 4.59. The molecule has 14 heavy (non-hydrogen) atoms. The van der Waals surface area contributed by atoms with E-state index in [-0.39, 0.29) is 5.75 Å². The third kappa shape index (κ3) is 2.57. The van der Waals surface area contributed by atoms with E-state index >= 15 is 0 Å². The Kier molecular flexibility index (Phi) is 2.92. The van der Waals surface area contributed by atoms with Gasteiger partial charge in [-0.3, -0.25) is 0 Å². The second-order valence-electron chi connectivity index (χ2n) is 2.35. The largest absolute Gasteiger partial charge is 0.493 e. The highest BCUT2D eigenvalue weighted by Gasteiger charge is 2.15. The van der Waals surface area contributed by atoms with Crippen molar-refractivity contribution in [3.8, 4) is 11.5 Å². The Hall–Kier alpha value is -1.34. The van der Waals surface area contributed by atoms with Crippen molar-refractivity contribution >= 4 is 10.3 Å². The van der Waals surface area contributed by atoms with Gasteiger partial charge in [0.25, 0.3) is 0 Å². The van der Waals surface area contributed by atoms with E-state index in [1.165, 1.54) is 19.2 Å². The zero-order valence-corrected chi connectivity index (χ0v) is 8.05. The molecule has 1 aromatic carbocycles. The fourth-order valence-electron chi connectivity index (χ4n) is 0.847. The molecule has 0 aromatic heterocycles. The molecule has 78 valence electrons. The van der Waals surface area contributed by atoms with Crippen LogP contribution in [0.5, 0.6) is 11.5 Å². The first-order valence-electron chi connectivity index (χ1n) is 3.49. The molecule has 0 amide bonds. The molecule has 5 nitrogen and oxygen atoms in total. The molecule has 0 saturated heterocycles. The molecule has 0 bridgehead atoms. The number of rotatable bonds is 3. The number of benzene rings is 1. The average Bonchev–Trinajstić information content (AvgIpc) is 2.06. The summed E-state index contributed by atoms with van der Waals surface area (Å²) >= 11 is 0. The molecule has 0 atom stereocenters. The van der Waals surface area contributed by atoms with Crippen LogP contribution in [0.2, 0.25) is 0 Å². The van der Waals surface area contributed by atoms with Gasteiger partial charge < -0.3 is 8.92 Å². The summed E-state index contributed by atoms with van der Waals surface area (Å²) in [7, 11) is -3.00. The Morgan fingerprint density at radius 2 is 2.07 bits per heavy atom. The zero-order chi connectivity index (χ0) is 10.8. The predicted molar refractivity (Wildman–Crippen MR) is 46.7 cm³/mol. The van der Waals surface area contributed by atoms with E-state index in [4.69, 9.17) is 0 Å². The summed E-state index contributed by atoms with van der Waals surface area (Å²) in [4.78, 5) is 0. The van der Waals surface area contributed by atoms with E-state index in [2.05, 4.69) is 14.1 Å². The van der Waals surface area contributed by atoms with Crippen molar-refractivity contribution in [3.05, 3.63) is 24.0 Å². The van der Waals surface area contributed by atoms with Crippen LogP contribution in [-0.4, -0.2) is 15.5 Å². The van der Waals surface area contributed by atoms with Crippen LogP contribution in [0.25, 0.3) is 0 Å².